The summed E-state index contributed by atoms with van der Waals surface area (Å²) in [6, 6.07) is 16.3. The molecule has 0 radical (unpaired) electrons. The van der Waals surface area contributed by atoms with E-state index >= 15 is 0 Å². The maximum atomic E-state index is 5.79. The molecule has 0 aliphatic carbocycles. The van der Waals surface area contributed by atoms with Gasteiger partial charge in [-0.05, 0) is 43.2 Å². The van der Waals surface area contributed by atoms with Crippen LogP contribution in [0.15, 0.2) is 53.0 Å². The molecule has 2 nitrogen and oxygen atoms in total. The van der Waals surface area contributed by atoms with E-state index in [0.29, 0.717) is 0 Å². The van der Waals surface area contributed by atoms with E-state index in [0.717, 1.165) is 35.5 Å². The lowest BCUT2D eigenvalue weighted by molar-refractivity contribution is 0.313. The molecule has 0 saturated heterocycles. The third-order valence-electron chi connectivity index (χ3n) is 2.83. The van der Waals surface area contributed by atoms with Gasteiger partial charge in [-0.25, -0.2) is 0 Å². The molecule has 0 unspecified atom stereocenters. The SMILES string of the molecule is Cc1ccc(Br)cc1OCCCNc1ccccc1. The molecule has 1 N–H and O–H groups in total. The average Bonchev–Trinajstić information content (AvgIpc) is 2.43. The van der Waals surface area contributed by atoms with E-state index in [9.17, 15) is 0 Å². The first-order chi connectivity index (χ1) is 9.25. The molecule has 0 fully saturated rings. The fraction of sp³-hybridized carbons (Fsp3) is 0.250. The normalized spacial score (nSPS) is 10.2. The predicted molar refractivity (Wildman–Crippen MR) is 83.9 cm³/mol. The van der Waals surface area contributed by atoms with Crippen LogP contribution in [0.25, 0.3) is 0 Å². The second-order valence-electron chi connectivity index (χ2n) is 4.40. The van der Waals surface area contributed by atoms with Gasteiger partial charge >= 0.3 is 0 Å². The van der Waals surface area contributed by atoms with Gasteiger partial charge < -0.3 is 10.1 Å². The third kappa shape index (κ3) is 4.60. The molecule has 0 saturated carbocycles. The summed E-state index contributed by atoms with van der Waals surface area (Å²) in [6.07, 6.45) is 0.973. The fourth-order valence-electron chi connectivity index (χ4n) is 1.77. The topological polar surface area (TPSA) is 21.3 Å². The number of halogens is 1. The Balaban J connectivity index is 1.71. The molecular weight excluding hydrogens is 302 g/mol. The highest BCUT2D eigenvalue weighted by molar-refractivity contribution is 9.10. The van der Waals surface area contributed by atoms with Crippen LogP contribution < -0.4 is 10.1 Å². The van der Waals surface area contributed by atoms with Crippen LogP contribution in [0.5, 0.6) is 5.75 Å². The maximum absolute atomic E-state index is 5.79. The van der Waals surface area contributed by atoms with E-state index < -0.39 is 0 Å². The van der Waals surface area contributed by atoms with Crippen LogP contribution in [0.1, 0.15) is 12.0 Å². The number of benzene rings is 2. The van der Waals surface area contributed by atoms with Crippen molar-refractivity contribution < 1.29 is 4.74 Å². The lowest BCUT2D eigenvalue weighted by Crippen LogP contribution is -2.07. The zero-order valence-corrected chi connectivity index (χ0v) is 12.6. The first-order valence-corrected chi connectivity index (χ1v) is 7.23. The van der Waals surface area contributed by atoms with Crippen LogP contribution in [-0.4, -0.2) is 13.2 Å². The number of hydrogen-bond donors (Lipinski definition) is 1. The minimum Gasteiger partial charge on any atom is -0.493 e. The number of para-hydroxylation sites is 1. The summed E-state index contributed by atoms with van der Waals surface area (Å²) in [7, 11) is 0. The van der Waals surface area contributed by atoms with Crippen molar-refractivity contribution in [2.45, 2.75) is 13.3 Å². The Kier molecular flexibility index (Phi) is 5.28. The standard InChI is InChI=1S/C16H18BrNO/c1-13-8-9-14(17)12-16(13)19-11-5-10-18-15-6-3-2-4-7-15/h2-4,6-9,12,18H,5,10-11H2,1H3. The Hall–Kier alpha value is -1.48. The van der Waals surface area contributed by atoms with E-state index in [4.69, 9.17) is 4.74 Å². The predicted octanol–water partition coefficient (Wildman–Crippen LogP) is 4.64. The number of hydrogen-bond acceptors (Lipinski definition) is 2. The van der Waals surface area contributed by atoms with Crippen molar-refractivity contribution in [3.8, 4) is 5.75 Å². The van der Waals surface area contributed by atoms with E-state index in [1.165, 1.54) is 5.56 Å². The minimum absolute atomic E-state index is 0.719. The summed E-state index contributed by atoms with van der Waals surface area (Å²) in [4.78, 5) is 0. The van der Waals surface area contributed by atoms with Gasteiger partial charge in [-0.1, -0.05) is 40.2 Å². The summed E-state index contributed by atoms with van der Waals surface area (Å²) in [5.74, 6) is 0.953. The molecule has 0 aromatic heterocycles. The number of nitrogens with one attached hydrogen (secondary N) is 1. The summed E-state index contributed by atoms with van der Waals surface area (Å²) in [5, 5.41) is 3.37. The van der Waals surface area contributed by atoms with Crippen molar-refractivity contribution in [2.24, 2.45) is 0 Å². The molecule has 0 aliphatic heterocycles. The van der Waals surface area contributed by atoms with E-state index in [1.54, 1.807) is 0 Å². The molecule has 100 valence electrons. The lowest BCUT2D eigenvalue weighted by Gasteiger charge is -2.10. The molecule has 2 aromatic carbocycles. The summed E-state index contributed by atoms with van der Waals surface area (Å²) < 4.78 is 6.84. The number of ether oxygens (including phenoxy) is 1. The van der Waals surface area contributed by atoms with Crippen molar-refractivity contribution in [1.29, 1.82) is 0 Å². The zero-order valence-electron chi connectivity index (χ0n) is 11.0. The van der Waals surface area contributed by atoms with Gasteiger partial charge in [-0.15, -0.1) is 0 Å². The van der Waals surface area contributed by atoms with E-state index in [2.05, 4.69) is 46.4 Å². The van der Waals surface area contributed by atoms with E-state index in [-0.39, 0.29) is 0 Å². The van der Waals surface area contributed by atoms with Crippen molar-refractivity contribution in [1.82, 2.24) is 0 Å². The molecule has 19 heavy (non-hydrogen) atoms. The third-order valence-corrected chi connectivity index (χ3v) is 3.33. The molecule has 0 amide bonds. The van der Waals surface area contributed by atoms with Crippen molar-refractivity contribution >= 4 is 21.6 Å². The number of anilines is 1. The van der Waals surface area contributed by atoms with Crippen LogP contribution in [0.4, 0.5) is 5.69 Å². The van der Waals surface area contributed by atoms with Gasteiger partial charge in [0.1, 0.15) is 5.75 Å². The molecule has 0 spiro atoms. The van der Waals surface area contributed by atoms with Crippen molar-refractivity contribution in [3.63, 3.8) is 0 Å². The minimum atomic E-state index is 0.719. The largest absolute Gasteiger partial charge is 0.493 e. The highest BCUT2D eigenvalue weighted by atomic mass is 79.9. The first-order valence-electron chi connectivity index (χ1n) is 6.43. The van der Waals surface area contributed by atoms with Crippen LogP contribution in [0.3, 0.4) is 0 Å². The Morgan fingerprint density at radius 3 is 2.68 bits per heavy atom. The van der Waals surface area contributed by atoms with Gasteiger partial charge in [0.25, 0.3) is 0 Å². The van der Waals surface area contributed by atoms with E-state index in [1.807, 2.05) is 30.3 Å². The Morgan fingerprint density at radius 2 is 1.89 bits per heavy atom. The van der Waals surface area contributed by atoms with Crippen molar-refractivity contribution in [3.05, 3.63) is 58.6 Å². The van der Waals surface area contributed by atoms with Crippen LogP contribution in [0, 0.1) is 6.92 Å². The molecule has 0 heterocycles. The maximum Gasteiger partial charge on any atom is 0.123 e. The fourth-order valence-corrected chi connectivity index (χ4v) is 2.11. The lowest BCUT2D eigenvalue weighted by atomic mass is 10.2. The number of aryl methyl sites for hydroxylation is 1. The highest BCUT2D eigenvalue weighted by Gasteiger charge is 2.00. The molecule has 3 heteroatoms. The smallest absolute Gasteiger partial charge is 0.123 e. The molecule has 0 bridgehead atoms. The van der Waals surface area contributed by atoms with Gasteiger partial charge in [0.05, 0.1) is 6.61 Å². The average molecular weight is 320 g/mol. The van der Waals surface area contributed by atoms with Crippen molar-refractivity contribution in [2.75, 3.05) is 18.5 Å². The quantitative estimate of drug-likeness (QED) is 0.783. The second kappa shape index (κ2) is 7.19. The molecular formula is C16H18BrNO. The van der Waals surface area contributed by atoms with Crippen LogP contribution in [0.2, 0.25) is 0 Å². The van der Waals surface area contributed by atoms with Gasteiger partial charge in [0.15, 0.2) is 0 Å². The Bertz CT molecular complexity index is 513. The molecule has 2 aromatic rings. The van der Waals surface area contributed by atoms with Crippen LogP contribution >= 0.6 is 15.9 Å². The Labute approximate surface area is 122 Å². The van der Waals surface area contributed by atoms with Gasteiger partial charge in [0, 0.05) is 16.7 Å². The zero-order chi connectivity index (χ0) is 13.5. The summed E-state index contributed by atoms with van der Waals surface area (Å²) >= 11 is 3.46. The summed E-state index contributed by atoms with van der Waals surface area (Å²) in [5.41, 5.74) is 2.32. The van der Waals surface area contributed by atoms with Gasteiger partial charge in [-0.3, -0.25) is 0 Å². The molecule has 0 atom stereocenters. The highest BCUT2D eigenvalue weighted by Crippen LogP contribution is 2.22. The summed E-state index contributed by atoms with van der Waals surface area (Å²) in [6.45, 7) is 3.69. The van der Waals surface area contributed by atoms with Crippen LogP contribution in [-0.2, 0) is 0 Å². The number of rotatable bonds is 6. The Morgan fingerprint density at radius 1 is 1.11 bits per heavy atom. The van der Waals surface area contributed by atoms with Gasteiger partial charge in [0.2, 0.25) is 0 Å². The first kappa shape index (κ1) is 13.9. The monoisotopic (exact) mass is 319 g/mol. The second-order valence-corrected chi connectivity index (χ2v) is 5.32. The van der Waals surface area contributed by atoms with Gasteiger partial charge in [-0.2, -0.15) is 0 Å². The molecule has 2 rings (SSSR count). The molecule has 0 aliphatic rings.